The van der Waals surface area contributed by atoms with E-state index in [1.165, 1.54) is 18.6 Å². The maximum Gasteiger partial charge on any atom is 0.247 e. The lowest BCUT2D eigenvalue weighted by Gasteiger charge is -2.42. The maximum absolute atomic E-state index is 12.5. The number of ether oxygens (including phenoxy) is 2. The van der Waals surface area contributed by atoms with Crippen LogP contribution in [-0.4, -0.2) is 86.1 Å². The Kier molecular flexibility index (Phi) is 9.53. The highest BCUT2D eigenvalue weighted by molar-refractivity contribution is 6.02. The molecule has 0 aliphatic carbocycles. The summed E-state index contributed by atoms with van der Waals surface area (Å²) in [5, 5.41) is 17.1. The molecule has 3 heterocycles. The van der Waals surface area contributed by atoms with Gasteiger partial charge in [0.1, 0.15) is 17.9 Å². The number of nitrogens with one attached hydrogen (secondary N) is 4. The van der Waals surface area contributed by atoms with Gasteiger partial charge >= 0.3 is 0 Å². The van der Waals surface area contributed by atoms with Crippen molar-refractivity contribution in [3.63, 3.8) is 0 Å². The van der Waals surface area contributed by atoms with Crippen molar-refractivity contribution in [3.8, 4) is 17.0 Å². The molecule has 2 saturated heterocycles. The molecule has 0 unspecified atom stereocenters. The molecule has 2 aromatic carbocycles. The second-order valence-corrected chi connectivity index (χ2v) is 10.8. The molecule has 4 N–H and O–H groups in total. The Bertz CT molecular complexity index is 1470. The van der Waals surface area contributed by atoms with Gasteiger partial charge in [-0.15, -0.1) is 0 Å². The van der Waals surface area contributed by atoms with Crippen LogP contribution in [0.25, 0.3) is 11.3 Å². The number of carbonyl (C=O) groups excluding carboxylic acids is 1. The van der Waals surface area contributed by atoms with E-state index in [4.69, 9.17) is 14.9 Å². The lowest BCUT2D eigenvalue weighted by molar-refractivity contribution is -0.111. The Morgan fingerprint density at radius 2 is 1.93 bits per heavy atom. The van der Waals surface area contributed by atoms with Crippen LogP contribution in [0, 0.1) is 5.41 Å². The highest BCUT2D eigenvalue weighted by Gasteiger charge is 2.29. The second-order valence-electron chi connectivity index (χ2n) is 10.8. The van der Waals surface area contributed by atoms with E-state index >= 15 is 0 Å². The van der Waals surface area contributed by atoms with Crippen LogP contribution in [0.1, 0.15) is 25.3 Å². The van der Waals surface area contributed by atoms with Gasteiger partial charge in [-0.05, 0) is 38.0 Å². The van der Waals surface area contributed by atoms with Crippen LogP contribution in [0.5, 0.6) is 5.75 Å². The zero-order chi connectivity index (χ0) is 30.3. The summed E-state index contributed by atoms with van der Waals surface area (Å²) in [5.74, 6) is 0.913. The van der Waals surface area contributed by atoms with Crippen LogP contribution < -0.4 is 25.6 Å². The highest BCUT2D eigenvalue weighted by atomic mass is 16.5. The molecular formula is C32H40N8O3. The van der Waals surface area contributed by atoms with Gasteiger partial charge in [0.25, 0.3) is 0 Å². The molecule has 43 heavy (non-hydrogen) atoms. The topological polar surface area (TPSA) is 128 Å². The summed E-state index contributed by atoms with van der Waals surface area (Å²) in [6.45, 7) is 10.2. The monoisotopic (exact) mass is 584 g/mol. The lowest BCUT2D eigenvalue weighted by atomic mass is 10.0. The molecule has 11 heteroatoms. The smallest absolute Gasteiger partial charge is 0.247 e. The van der Waals surface area contributed by atoms with Crippen molar-refractivity contribution < 1.29 is 14.3 Å². The predicted molar refractivity (Wildman–Crippen MR) is 172 cm³/mol. The first kappa shape index (κ1) is 30.0. The molecule has 2 fully saturated rings. The Morgan fingerprint density at radius 3 is 2.63 bits per heavy atom. The van der Waals surface area contributed by atoms with Crippen LogP contribution in [0.2, 0.25) is 0 Å². The minimum Gasteiger partial charge on any atom is -0.494 e. The Balaban J connectivity index is 1.40. The summed E-state index contributed by atoms with van der Waals surface area (Å²) < 4.78 is 11.6. The number of aromatic nitrogens is 2. The number of hydrogen-bond acceptors (Lipinski definition) is 10. The second kappa shape index (κ2) is 13.7. The highest BCUT2D eigenvalue weighted by Crippen LogP contribution is 2.40. The molecule has 5 rings (SSSR count). The quantitative estimate of drug-likeness (QED) is 0.197. The number of piperidine rings is 1. The molecule has 1 amide bonds. The molecule has 2 aliphatic heterocycles. The molecule has 0 bridgehead atoms. The van der Waals surface area contributed by atoms with Gasteiger partial charge < -0.3 is 35.7 Å². The Labute approximate surface area is 252 Å². The van der Waals surface area contributed by atoms with Crippen molar-refractivity contribution in [1.82, 2.24) is 14.9 Å². The number of anilines is 5. The average Bonchev–Trinajstić information content (AvgIpc) is 3.04. The van der Waals surface area contributed by atoms with Crippen molar-refractivity contribution in [3.05, 3.63) is 60.9 Å². The van der Waals surface area contributed by atoms with Crippen molar-refractivity contribution in [1.29, 1.82) is 5.41 Å². The zero-order valence-electron chi connectivity index (χ0n) is 25.0. The van der Waals surface area contributed by atoms with E-state index in [-0.39, 0.29) is 12.0 Å². The van der Waals surface area contributed by atoms with Crippen molar-refractivity contribution in [2.45, 2.75) is 31.9 Å². The summed E-state index contributed by atoms with van der Waals surface area (Å²) in [7, 11) is 3.46. The third kappa shape index (κ3) is 6.95. The van der Waals surface area contributed by atoms with Crippen molar-refractivity contribution in [2.75, 3.05) is 67.8 Å². The standard InChI is InChI=1S/C32H40N8O3/c1-5-32(41)38-27-15-28(37-31-16-26(35-20-36-31)22-6-7-23(18-33)25(14-22)34-3)30(42-4)17-29(27)39-10-8-24(9-11-39)40-12-13-43-21(2)19-40/h5-7,14-18,20-21,24,33-34H,1,8-13,19H2,2-4H3,(H,38,41)(H,35,36,37)/t21-/m0/s1. The van der Waals surface area contributed by atoms with Gasteiger partial charge in [0.15, 0.2) is 0 Å². The van der Waals surface area contributed by atoms with E-state index in [1.807, 2.05) is 43.4 Å². The third-order valence-corrected chi connectivity index (χ3v) is 8.06. The minimum atomic E-state index is -0.285. The zero-order valence-corrected chi connectivity index (χ0v) is 25.0. The van der Waals surface area contributed by atoms with Crippen molar-refractivity contribution >= 4 is 40.7 Å². The van der Waals surface area contributed by atoms with E-state index in [9.17, 15) is 4.79 Å². The molecule has 0 radical (unpaired) electrons. The Morgan fingerprint density at radius 1 is 1.12 bits per heavy atom. The number of hydrogen-bond donors (Lipinski definition) is 4. The number of methoxy groups -OCH3 is 1. The summed E-state index contributed by atoms with van der Waals surface area (Å²) in [5.41, 5.74) is 5.46. The number of benzene rings is 2. The molecule has 226 valence electrons. The fraction of sp³-hybridized carbons (Fsp3) is 0.375. The SMILES string of the molecule is C=CC(=O)Nc1cc(Nc2cc(-c3ccc(C=N)c(NC)c3)ncn2)c(OC)cc1N1CCC(N2CCO[C@@H](C)C2)CC1. The van der Waals surface area contributed by atoms with Gasteiger partial charge in [-0.3, -0.25) is 9.69 Å². The van der Waals surface area contributed by atoms with E-state index in [1.54, 1.807) is 7.11 Å². The predicted octanol–water partition coefficient (Wildman–Crippen LogP) is 4.75. The van der Waals surface area contributed by atoms with Gasteiger partial charge in [-0.25, -0.2) is 9.97 Å². The fourth-order valence-corrected chi connectivity index (χ4v) is 5.81. The molecule has 2 aliphatic rings. The van der Waals surface area contributed by atoms with E-state index in [2.05, 4.69) is 49.2 Å². The van der Waals surface area contributed by atoms with Gasteiger partial charge in [0.05, 0.1) is 42.6 Å². The third-order valence-electron chi connectivity index (χ3n) is 8.06. The normalized spacial score (nSPS) is 17.7. The van der Waals surface area contributed by atoms with E-state index in [0.29, 0.717) is 29.0 Å². The molecule has 1 atom stereocenters. The summed E-state index contributed by atoms with van der Waals surface area (Å²) in [4.78, 5) is 26.2. The lowest BCUT2D eigenvalue weighted by Crippen LogP contribution is -2.51. The number of amides is 1. The summed E-state index contributed by atoms with van der Waals surface area (Å²) in [6, 6.07) is 12.0. The number of rotatable bonds is 10. The van der Waals surface area contributed by atoms with Crippen LogP contribution in [0.3, 0.4) is 0 Å². The van der Waals surface area contributed by atoms with Gasteiger partial charge in [0.2, 0.25) is 5.91 Å². The molecule has 3 aromatic rings. The van der Waals surface area contributed by atoms with Gasteiger partial charge in [-0.2, -0.15) is 0 Å². The Hall–Kier alpha value is -4.48. The largest absolute Gasteiger partial charge is 0.494 e. The number of morpholine rings is 1. The molecule has 11 nitrogen and oxygen atoms in total. The van der Waals surface area contributed by atoms with Crippen LogP contribution in [-0.2, 0) is 9.53 Å². The van der Waals surface area contributed by atoms with Gasteiger partial charge in [0, 0.05) is 74.4 Å². The molecule has 0 spiro atoms. The maximum atomic E-state index is 12.5. The summed E-state index contributed by atoms with van der Waals surface area (Å²) in [6.07, 6.45) is 6.41. The first-order valence-corrected chi connectivity index (χ1v) is 14.6. The summed E-state index contributed by atoms with van der Waals surface area (Å²) >= 11 is 0. The van der Waals surface area contributed by atoms with E-state index < -0.39 is 0 Å². The average molecular weight is 585 g/mol. The first-order chi connectivity index (χ1) is 20.9. The molecule has 0 saturated carbocycles. The van der Waals surface area contributed by atoms with Gasteiger partial charge in [-0.1, -0.05) is 18.7 Å². The van der Waals surface area contributed by atoms with E-state index in [0.717, 1.165) is 73.8 Å². The number of carbonyl (C=O) groups is 1. The van der Waals surface area contributed by atoms with Crippen molar-refractivity contribution in [2.24, 2.45) is 0 Å². The molecular weight excluding hydrogens is 544 g/mol. The van der Waals surface area contributed by atoms with Crippen LogP contribution in [0.4, 0.5) is 28.6 Å². The van der Waals surface area contributed by atoms with Crippen LogP contribution >= 0.6 is 0 Å². The van der Waals surface area contributed by atoms with Crippen LogP contribution in [0.15, 0.2) is 55.4 Å². The first-order valence-electron chi connectivity index (χ1n) is 14.6. The minimum absolute atomic E-state index is 0.265. The fourth-order valence-electron chi connectivity index (χ4n) is 5.81. The number of nitrogens with zero attached hydrogens (tertiary/aromatic N) is 4. The molecule has 1 aromatic heterocycles.